The van der Waals surface area contributed by atoms with Gasteiger partial charge in [0.2, 0.25) is 0 Å². The fourth-order valence-corrected chi connectivity index (χ4v) is 1.01. The van der Waals surface area contributed by atoms with Gasteiger partial charge in [-0.15, -0.1) is 5.92 Å². The zero-order chi connectivity index (χ0) is 10.4. The highest BCUT2D eigenvalue weighted by Crippen LogP contribution is 2.17. The van der Waals surface area contributed by atoms with Gasteiger partial charge < -0.3 is 4.74 Å². The van der Waals surface area contributed by atoms with Gasteiger partial charge in [-0.1, -0.05) is 18.9 Å². The van der Waals surface area contributed by atoms with Crippen molar-refractivity contribution in [3.05, 3.63) is 29.6 Å². The van der Waals surface area contributed by atoms with E-state index in [1.807, 2.05) is 19.9 Å². The Bertz CT molecular complexity index is 360. The summed E-state index contributed by atoms with van der Waals surface area (Å²) in [6.07, 6.45) is 0.791. The van der Waals surface area contributed by atoms with Crippen molar-refractivity contribution in [3.63, 3.8) is 0 Å². The van der Waals surface area contributed by atoms with Gasteiger partial charge in [0.15, 0.2) is 11.6 Å². The van der Waals surface area contributed by atoms with Crippen LogP contribution in [-0.4, -0.2) is 6.61 Å². The molecule has 0 aliphatic heterocycles. The number of ether oxygens (including phenoxy) is 1. The summed E-state index contributed by atoms with van der Waals surface area (Å²) in [4.78, 5) is 0. The molecule has 0 saturated carbocycles. The van der Waals surface area contributed by atoms with Crippen molar-refractivity contribution < 1.29 is 9.13 Å². The standard InChI is InChI=1S/C12H13FO/c1-3-4-5-8-14-12-7-6-10(2)9-11(12)13/h6-7,9H,3,8H2,1-2H3. The van der Waals surface area contributed by atoms with Crippen LogP contribution in [0.3, 0.4) is 0 Å². The molecule has 0 unspecified atom stereocenters. The molecule has 0 N–H and O–H groups in total. The van der Waals surface area contributed by atoms with E-state index < -0.39 is 0 Å². The number of benzene rings is 1. The van der Waals surface area contributed by atoms with Crippen molar-refractivity contribution in [2.24, 2.45) is 0 Å². The molecule has 0 aliphatic carbocycles. The molecule has 0 atom stereocenters. The van der Waals surface area contributed by atoms with Crippen LogP contribution in [0.25, 0.3) is 0 Å². The molecule has 0 heterocycles. The van der Waals surface area contributed by atoms with Gasteiger partial charge in [-0.05, 0) is 24.6 Å². The van der Waals surface area contributed by atoms with Crippen molar-refractivity contribution in [1.29, 1.82) is 0 Å². The van der Waals surface area contributed by atoms with Crippen molar-refractivity contribution in [3.8, 4) is 17.6 Å². The second kappa shape index (κ2) is 5.29. The fourth-order valence-electron chi connectivity index (χ4n) is 1.01. The van der Waals surface area contributed by atoms with E-state index in [0.29, 0.717) is 0 Å². The maximum atomic E-state index is 13.2. The average Bonchev–Trinajstić information content (AvgIpc) is 2.15. The number of rotatable bonds is 2. The van der Waals surface area contributed by atoms with Crippen molar-refractivity contribution in [1.82, 2.24) is 0 Å². The van der Waals surface area contributed by atoms with E-state index in [1.165, 1.54) is 6.07 Å². The minimum Gasteiger partial charge on any atom is -0.478 e. The SMILES string of the molecule is CCC#CCOc1ccc(C)cc1F. The number of aryl methyl sites for hydroxylation is 1. The summed E-state index contributed by atoms with van der Waals surface area (Å²) in [7, 11) is 0. The predicted molar refractivity (Wildman–Crippen MR) is 54.7 cm³/mol. The Labute approximate surface area is 83.9 Å². The first-order valence-corrected chi connectivity index (χ1v) is 4.58. The summed E-state index contributed by atoms with van der Waals surface area (Å²) in [5.41, 5.74) is 0.884. The lowest BCUT2D eigenvalue weighted by Gasteiger charge is -2.03. The molecular weight excluding hydrogens is 179 g/mol. The quantitative estimate of drug-likeness (QED) is 0.654. The molecule has 1 rings (SSSR count). The first-order chi connectivity index (χ1) is 6.74. The zero-order valence-electron chi connectivity index (χ0n) is 8.43. The van der Waals surface area contributed by atoms with Gasteiger partial charge in [-0.3, -0.25) is 0 Å². The van der Waals surface area contributed by atoms with Gasteiger partial charge in [0.05, 0.1) is 0 Å². The Kier molecular flexibility index (Phi) is 4.00. The average molecular weight is 192 g/mol. The molecule has 0 spiro atoms. The Morgan fingerprint density at radius 1 is 1.36 bits per heavy atom. The van der Waals surface area contributed by atoms with Gasteiger partial charge in [0.1, 0.15) is 6.61 Å². The first kappa shape index (κ1) is 10.6. The van der Waals surface area contributed by atoms with E-state index >= 15 is 0 Å². The lowest BCUT2D eigenvalue weighted by Crippen LogP contribution is -1.96. The van der Waals surface area contributed by atoms with E-state index in [4.69, 9.17) is 4.74 Å². The highest BCUT2D eigenvalue weighted by Gasteiger charge is 2.01. The molecule has 1 aromatic carbocycles. The zero-order valence-corrected chi connectivity index (χ0v) is 8.43. The van der Waals surface area contributed by atoms with Crippen LogP contribution in [0.5, 0.6) is 5.75 Å². The van der Waals surface area contributed by atoms with Crippen molar-refractivity contribution >= 4 is 0 Å². The molecule has 2 heteroatoms. The topological polar surface area (TPSA) is 9.23 Å². The monoisotopic (exact) mass is 192 g/mol. The molecule has 0 saturated heterocycles. The maximum Gasteiger partial charge on any atom is 0.165 e. The Hall–Kier alpha value is -1.49. The highest BCUT2D eigenvalue weighted by molar-refractivity contribution is 5.28. The molecule has 0 aromatic heterocycles. The molecule has 1 aromatic rings. The predicted octanol–water partition coefficient (Wildman–Crippen LogP) is 2.93. The smallest absolute Gasteiger partial charge is 0.165 e. The van der Waals surface area contributed by atoms with Gasteiger partial charge in [0, 0.05) is 6.42 Å². The molecule has 1 nitrogen and oxygen atoms in total. The molecule has 0 amide bonds. The summed E-state index contributed by atoms with van der Waals surface area (Å²) in [5.74, 6) is 5.57. The van der Waals surface area contributed by atoms with Gasteiger partial charge >= 0.3 is 0 Å². The molecule has 0 radical (unpaired) electrons. The van der Waals surface area contributed by atoms with E-state index in [1.54, 1.807) is 6.07 Å². The van der Waals surface area contributed by atoms with Gasteiger partial charge in [0.25, 0.3) is 0 Å². The Balaban J connectivity index is 2.59. The van der Waals surface area contributed by atoms with Crippen molar-refractivity contribution in [2.45, 2.75) is 20.3 Å². The van der Waals surface area contributed by atoms with Crippen LogP contribution >= 0.6 is 0 Å². The van der Waals surface area contributed by atoms with Crippen molar-refractivity contribution in [2.75, 3.05) is 6.61 Å². The fraction of sp³-hybridized carbons (Fsp3) is 0.333. The van der Waals surface area contributed by atoms with Crippen LogP contribution in [0, 0.1) is 24.6 Å². The third-order valence-corrected chi connectivity index (χ3v) is 1.69. The summed E-state index contributed by atoms with van der Waals surface area (Å²) in [6, 6.07) is 4.88. The number of hydrogen-bond acceptors (Lipinski definition) is 1. The summed E-state index contributed by atoms with van der Waals surface area (Å²) >= 11 is 0. The van der Waals surface area contributed by atoms with E-state index in [0.717, 1.165) is 12.0 Å². The second-order valence-corrected chi connectivity index (χ2v) is 2.93. The van der Waals surface area contributed by atoms with Crippen LogP contribution in [0.4, 0.5) is 4.39 Å². The molecule has 0 fully saturated rings. The first-order valence-electron chi connectivity index (χ1n) is 4.58. The molecule has 74 valence electrons. The Morgan fingerprint density at radius 2 is 2.14 bits per heavy atom. The second-order valence-electron chi connectivity index (χ2n) is 2.93. The molecule has 14 heavy (non-hydrogen) atoms. The van der Waals surface area contributed by atoms with Crippen LogP contribution in [0.15, 0.2) is 18.2 Å². The van der Waals surface area contributed by atoms with E-state index in [-0.39, 0.29) is 18.2 Å². The third-order valence-electron chi connectivity index (χ3n) is 1.69. The minimum atomic E-state index is -0.330. The van der Waals surface area contributed by atoms with Crippen LogP contribution in [-0.2, 0) is 0 Å². The molecular formula is C12H13FO. The summed E-state index contributed by atoms with van der Waals surface area (Å²) in [6.45, 7) is 4.04. The largest absolute Gasteiger partial charge is 0.478 e. The highest BCUT2D eigenvalue weighted by atomic mass is 19.1. The Morgan fingerprint density at radius 3 is 2.79 bits per heavy atom. The maximum absolute atomic E-state index is 13.2. The van der Waals surface area contributed by atoms with Gasteiger partial charge in [-0.25, -0.2) is 4.39 Å². The summed E-state index contributed by atoms with van der Waals surface area (Å²) < 4.78 is 18.3. The van der Waals surface area contributed by atoms with Crippen LogP contribution in [0.2, 0.25) is 0 Å². The molecule has 0 aliphatic rings. The van der Waals surface area contributed by atoms with Gasteiger partial charge in [-0.2, -0.15) is 0 Å². The lowest BCUT2D eigenvalue weighted by molar-refractivity contribution is 0.348. The lowest BCUT2D eigenvalue weighted by atomic mass is 10.2. The third kappa shape index (κ3) is 3.10. The van der Waals surface area contributed by atoms with E-state index in [9.17, 15) is 4.39 Å². The number of hydrogen-bond donors (Lipinski definition) is 0. The van der Waals surface area contributed by atoms with Crippen LogP contribution in [0.1, 0.15) is 18.9 Å². The minimum absolute atomic E-state index is 0.244. The molecule has 0 bridgehead atoms. The van der Waals surface area contributed by atoms with Crippen LogP contribution < -0.4 is 4.74 Å². The van der Waals surface area contributed by atoms with E-state index in [2.05, 4.69) is 11.8 Å². The normalized spacial score (nSPS) is 9.07. The summed E-state index contributed by atoms with van der Waals surface area (Å²) in [5, 5.41) is 0. The number of halogens is 1.